The van der Waals surface area contributed by atoms with Crippen molar-refractivity contribution in [2.75, 3.05) is 20.1 Å². The Morgan fingerprint density at radius 2 is 2.05 bits per heavy atom. The molecule has 1 aromatic carbocycles. The summed E-state index contributed by atoms with van der Waals surface area (Å²) in [5, 5.41) is 0.705. The molecule has 0 aliphatic carbocycles. The molecule has 5 heteroatoms. The zero-order valence-corrected chi connectivity index (χ0v) is 13.9. The van der Waals surface area contributed by atoms with Gasteiger partial charge in [-0.25, -0.2) is 4.98 Å². The monoisotopic (exact) mass is 325 g/mol. The molecule has 0 unspecified atom stereocenters. The molecule has 1 aliphatic heterocycles. The van der Waals surface area contributed by atoms with Crippen LogP contribution in [0.15, 0.2) is 18.2 Å². The number of benzene rings is 1. The van der Waals surface area contributed by atoms with Crippen LogP contribution in [0.25, 0.3) is 11.0 Å². The number of imidazole rings is 1. The maximum Gasteiger partial charge on any atom is 0.124 e. The van der Waals surface area contributed by atoms with Gasteiger partial charge in [-0.05, 0) is 57.5 Å². The summed E-state index contributed by atoms with van der Waals surface area (Å²) >= 11 is 12.3. The van der Waals surface area contributed by atoms with Crippen LogP contribution >= 0.6 is 23.2 Å². The molecular formula is C16H21Cl2N3. The lowest BCUT2D eigenvalue weighted by molar-refractivity contribution is 0.208. The van der Waals surface area contributed by atoms with E-state index in [-0.39, 0.29) is 0 Å². The molecule has 1 fully saturated rings. The Morgan fingerprint density at radius 1 is 1.29 bits per heavy atom. The van der Waals surface area contributed by atoms with Gasteiger partial charge in [-0.2, -0.15) is 0 Å². The molecule has 0 amide bonds. The number of rotatable bonds is 4. The topological polar surface area (TPSA) is 21.1 Å². The number of piperidine rings is 1. The molecule has 2 aromatic rings. The Kier molecular flexibility index (Phi) is 4.72. The summed E-state index contributed by atoms with van der Waals surface area (Å²) in [6, 6.07) is 5.95. The Labute approximate surface area is 135 Å². The van der Waals surface area contributed by atoms with E-state index in [2.05, 4.69) is 27.6 Å². The number of para-hydroxylation sites is 1. The van der Waals surface area contributed by atoms with Gasteiger partial charge in [-0.15, -0.1) is 11.6 Å². The Hall–Kier alpha value is -0.770. The molecule has 0 saturated carbocycles. The van der Waals surface area contributed by atoms with E-state index in [1.807, 2.05) is 12.1 Å². The van der Waals surface area contributed by atoms with Gasteiger partial charge in [0.1, 0.15) is 11.3 Å². The van der Waals surface area contributed by atoms with Crippen LogP contribution in [0.1, 0.15) is 25.1 Å². The first kappa shape index (κ1) is 15.1. The predicted molar refractivity (Wildman–Crippen MR) is 89.1 cm³/mol. The van der Waals surface area contributed by atoms with E-state index in [0.717, 1.165) is 29.3 Å². The number of nitrogens with zero attached hydrogens (tertiary/aromatic N) is 3. The van der Waals surface area contributed by atoms with Gasteiger partial charge in [0.05, 0.1) is 16.4 Å². The van der Waals surface area contributed by atoms with Crippen molar-refractivity contribution in [2.45, 2.75) is 31.7 Å². The highest BCUT2D eigenvalue weighted by molar-refractivity contribution is 6.35. The van der Waals surface area contributed by atoms with Crippen molar-refractivity contribution in [2.24, 2.45) is 5.92 Å². The molecule has 2 heterocycles. The van der Waals surface area contributed by atoms with Gasteiger partial charge in [0.15, 0.2) is 0 Å². The molecular weight excluding hydrogens is 305 g/mol. The zero-order valence-electron chi connectivity index (χ0n) is 12.4. The second-order valence-corrected chi connectivity index (χ2v) is 6.63. The molecule has 0 atom stereocenters. The lowest BCUT2D eigenvalue weighted by atomic mass is 9.94. The van der Waals surface area contributed by atoms with Crippen LogP contribution in [-0.2, 0) is 12.4 Å². The van der Waals surface area contributed by atoms with Crippen LogP contribution in [0.4, 0.5) is 0 Å². The highest BCUT2D eigenvalue weighted by atomic mass is 35.5. The minimum absolute atomic E-state index is 0.429. The lowest BCUT2D eigenvalue weighted by Gasteiger charge is -2.29. The lowest BCUT2D eigenvalue weighted by Crippen LogP contribution is -2.30. The average Bonchev–Trinajstić information content (AvgIpc) is 2.86. The van der Waals surface area contributed by atoms with E-state index in [4.69, 9.17) is 23.2 Å². The maximum absolute atomic E-state index is 6.24. The third-order valence-electron chi connectivity index (χ3n) is 4.53. The minimum Gasteiger partial charge on any atom is -0.327 e. The average molecular weight is 326 g/mol. The Bertz CT molecular complexity index is 615. The van der Waals surface area contributed by atoms with Gasteiger partial charge in [0.2, 0.25) is 0 Å². The van der Waals surface area contributed by atoms with Crippen LogP contribution in [0, 0.1) is 5.92 Å². The van der Waals surface area contributed by atoms with E-state index >= 15 is 0 Å². The number of halogens is 2. The van der Waals surface area contributed by atoms with Crippen molar-refractivity contribution >= 4 is 34.2 Å². The zero-order chi connectivity index (χ0) is 14.8. The van der Waals surface area contributed by atoms with Crippen molar-refractivity contribution in [1.29, 1.82) is 0 Å². The smallest absolute Gasteiger partial charge is 0.124 e. The van der Waals surface area contributed by atoms with Gasteiger partial charge in [0.25, 0.3) is 0 Å². The Balaban J connectivity index is 1.78. The SMILES string of the molecule is CN1CCC(CCn2c(CCl)nc3c(Cl)cccc32)CC1. The van der Waals surface area contributed by atoms with E-state index in [1.165, 1.54) is 32.4 Å². The van der Waals surface area contributed by atoms with Crippen molar-refractivity contribution < 1.29 is 0 Å². The van der Waals surface area contributed by atoms with E-state index in [1.54, 1.807) is 0 Å². The first-order valence-corrected chi connectivity index (χ1v) is 8.48. The van der Waals surface area contributed by atoms with Crippen LogP contribution in [0.2, 0.25) is 5.02 Å². The molecule has 3 nitrogen and oxygen atoms in total. The fraction of sp³-hybridized carbons (Fsp3) is 0.562. The molecule has 1 aromatic heterocycles. The minimum atomic E-state index is 0.429. The van der Waals surface area contributed by atoms with Crippen molar-refractivity contribution in [3.63, 3.8) is 0 Å². The molecule has 21 heavy (non-hydrogen) atoms. The van der Waals surface area contributed by atoms with Crippen molar-refractivity contribution in [3.8, 4) is 0 Å². The first-order chi connectivity index (χ1) is 10.2. The second kappa shape index (κ2) is 6.55. The molecule has 114 valence electrons. The molecule has 1 aliphatic rings. The molecule has 3 rings (SSSR count). The van der Waals surface area contributed by atoms with E-state index in [9.17, 15) is 0 Å². The number of aromatic nitrogens is 2. The molecule has 0 radical (unpaired) electrons. The molecule has 0 bridgehead atoms. The summed E-state index contributed by atoms with van der Waals surface area (Å²) in [5.74, 6) is 2.16. The van der Waals surface area contributed by atoms with Gasteiger partial charge < -0.3 is 9.47 Å². The number of hydrogen-bond donors (Lipinski definition) is 0. The molecule has 0 spiro atoms. The number of likely N-dealkylation sites (tertiary alicyclic amines) is 1. The third-order valence-corrected chi connectivity index (χ3v) is 5.07. The maximum atomic E-state index is 6.24. The van der Waals surface area contributed by atoms with Crippen LogP contribution in [-0.4, -0.2) is 34.6 Å². The molecule has 0 N–H and O–H groups in total. The summed E-state index contributed by atoms with van der Waals surface area (Å²) in [5.41, 5.74) is 1.98. The van der Waals surface area contributed by atoms with Crippen molar-refractivity contribution in [3.05, 3.63) is 29.0 Å². The second-order valence-electron chi connectivity index (χ2n) is 5.96. The van der Waals surface area contributed by atoms with Gasteiger partial charge in [-0.1, -0.05) is 17.7 Å². The fourth-order valence-corrected chi connectivity index (χ4v) is 3.59. The van der Waals surface area contributed by atoms with Crippen LogP contribution in [0.3, 0.4) is 0 Å². The highest BCUT2D eigenvalue weighted by Crippen LogP contribution is 2.27. The van der Waals surface area contributed by atoms with Gasteiger partial charge in [0, 0.05) is 6.54 Å². The number of alkyl halides is 1. The van der Waals surface area contributed by atoms with E-state index < -0.39 is 0 Å². The quantitative estimate of drug-likeness (QED) is 0.787. The normalized spacial score (nSPS) is 17.7. The summed E-state index contributed by atoms with van der Waals surface area (Å²) in [7, 11) is 2.20. The molecule has 1 saturated heterocycles. The highest BCUT2D eigenvalue weighted by Gasteiger charge is 2.18. The largest absolute Gasteiger partial charge is 0.327 e. The fourth-order valence-electron chi connectivity index (χ4n) is 3.17. The van der Waals surface area contributed by atoms with Crippen LogP contribution in [0.5, 0.6) is 0 Å². The van der Waals surface area contributed by atoms with Crippen molar-refractivity contribution in [1.82, 2.24) is 14.5 Å². The number of aryl methyl sites for hydroxylation is 1. The van der Waals surface area contributed by atoms with E-state index in [0.29, 0.717) is 10.9 Å². The summed E-state index contributed by atoms with van der Waals surface area (Å²) in [4.78, 5) is 7.01. The van der Waals surface area contributed by atoms with Crippen LogP contribution < -0.4 is 0 Å². The summed E-state index contributed by atoms with van der Waals surface area (Å²) in [6.45, 7) is 3.40. The predicted octanol–water partition coefficient (Wildman–Crippen LogP) is 4.16. The summed E-state index contributed by atoms with van der Waals surface area (Å²) in [6.07, 6.45) is 3.77. The Morgan fingerprint density at radius 3 is 2.76 bits per heavy atom. The first-order valence-electron chi connectivity index (χ1n) is 7.57. The standard InChI is InChI=1S/C16H21Cl2N3/c1-20-8-5-12(6-9-20)7-10-21-14-4-2-3-13(18)16(14)19-15(21)11-17/h2-4,12H,5-11H2,1H3. The number of fused-ring (bicyclic) bond motifs is 1. The third kappa shape index (κ3) is 3.20. The number of hydrogen-bond acceptors (Lipinski definition) is 2. The van der Waals surface area contributed by atoms with Gasteiger partial charge >= 0.3 is 0 Å². The van der Waals surface area contributed by atoms with Gasteiger partial charge in [-0.3, -0.25) is 0 Å². The summed E-state index contributed by atoms with van der Waals surface area (Å²) < 4.78 is 2.24.